The molecule has 0 saturated carbocycles. The van der Waals surface area contributed by atoms with E-state index in [0.717, 1.165) is 24.1 Å². The number of likely N-dealkylation sites (tertiary alicyclic amines) is 1. The molecular formula is C9H21N2O+. The Morgan fingerprint density at radius 1 is 1.25 bits per heavy atom. The molecule has 1 saturated heterocycles. The second-order valence-corrected chi connectivity index (χ2v) is 4.70. The molecular weight excluding hydrogens is 152 g/mol. The van der Waals surface area contributed by atoms with Gasteiger partial charge in [-0.3, -0.25) is 4.90 Å². The number of nitrogens with zero attached hydrogens (tertiary/aromatic N) is 2. The first-order valence-corrected chi connectivity index (χ1v) is 4.71. The van der Waals surface area contributed by atoms with Gasteiger partial charge in [0.2, 0.25) is 0 Å². The van der Waals surface area contributed by atoms with Crippen LogP contribution in [0.3, 0.4) is 0 Å². The molecule has 1 heterocycles. The van der Waals surface area contributed by atoms with Gasteiger partial charge in [-0.2, -0.15) is 0 Å². The first-order chi connectivity index (χ1) is 5.49. The van der Waals surface area contributed by atoms with Crippen molar-refractivity contribution in [1.82, 2.24) is 4.90 Å². The molecule has 0 spiro atoms. The molecule has 0 aromatic heterocycles. The monoisotopic (exact) mass is 173 g/mol. The van der Waals surface area contributed by atoms with Crippen LogP contribution in [0.15, 0.2) is 0 Å². The van der Waals surface area contributed by atoms with E-state index in [1.54, 1.807) is 0 Å². The number of aliphatic hydroxyl groups excluding tert-OH is 1. The van der Waals surface area contributed by atoms with Crippen LogP contribution in [0, 0.1) is 0 Å². The summed E-state index contributed by atoms with van der Waals surface area (Å²) in [7, 11) is 6.33. The van der Waals surface area contributed by atoms with Gasteiger partial charge < -0.3 is 9.59 Å². The van der Waals surface area contributed by atoms with Crippen LogP contribution in [0.5, 0.6) is 0 Å². The van der Waals surface area contributed by atoms with Gasteiger partial charge in [-0.1, -0.05) is 0 Å². The highest BCUT2D eigenvalue weighted by Gasteiger charge is 2.24. The molecule has 1 rings (SSSR count). The molecule has 0 aliphatic carbocycles. The van der Waals surface area contributed by atoms with Crippen LogP contribution < -0.4 is 0 Å². The molecule has 12 heavy (non-hydrogen) atoms. The molecule has 0 aromatic carbocycles. The molecule has 1 N–H and O–H groups in total. The van der Waals surface area contributed by atoms with Gasteiger partial charge in [0.05, 0.1) is 21.1 Å². The smallest absolute Gasteiger partial charge is 0.157 e. The molecule has 1 fully saturated rings. The Morgan fingerprint density at radius 2 is 1.75 bits per heavy atom. The van der Waals surface area contributed by atoms with Crippen LogP contribution in [0.4, 0.5) is 0 Å². The van der Waals surface area contributed by atoms with E-state index in [1.807, 2.05) is 0 Å². The minimum atomic E-state index is -0.243. The zero-order chi connectivity index (χ0) is 9.19. The molecule has 1 unspecified atom stereocenters. The van der Waals surface area contributed by atoms with Gasteiger partial charge in [-0.15, -0.1) is 0 Å². The second-order valence-electron chi connectivity index (χ2n) is 4.70. The third kappa shape index (κ3) is 3.09. The standard InChI is InChI=1S/C9H21N2O/c1-11(2,3)8-9(12)10-6-4-5-7-10/h9,12H,4-8H2,1-3H3/q+1. The average molecular weight is 173 g/mol. The summed E-state index contributed by atoms with van der Waals surface area (Å²) < 4.78 is 0.831. The van der Waals surface area contributed by atoms with Gasteiger partial charge >= 0.3 is 0 Å². The highest BCUT2D eigenvalue weighted by molar-refractivity contribution is 4.68. The van der Waals surface area contributed by atoms with Gasteiger partial charge in [0.15, 0.2) is 6.23 Å². The third-order valence-electron chi connectivity index (χ3n) is 2.27. The first-order valence-electron chi connectivity index (χ1n) is 4.71. The lowest BCUT2D eigenvalue weighted by Crippen LogP contribution is -2.48. The SMILES string of the molecule is C[N+](C)(C)CC(O)N1CCCC1. The second kappa shape index (κ2) is 3.73. The largest absolute Gasteiger partial charge is 0.373 e. The van der Waals surface area contributed by atoms with Crippen molar-refractivity contribution < 1.29 is 9.59 Å². The van der Waals surface area contributed by atoms with Crippen LogP contribution >= 0.6 is 0 Å². The maximum Gasteiger partial charge on any atom is 0.157 e. The maximum atomic E-state index is 9.79. The van der Waals surface area contributed by atoms with E-state index in [4.69, 9.17) is 0 Å². The van der Waals surface area contributed by atoms with E-state index in [9.17, 15) is 5.11 Å². The van der Waals surface area contributed by atoms with Crippen molar-refractivity contribution in [2.45, 2.75) is 19.1 Å². The Labute approximate surface area is 75.2 Å². The summed E-state index contributed by atoms with van der Waals surface area (Å²) >= 11 is 0. The Balaban J connectivity index is 2.31. The number of quaternary nitrogens is 1. The van der Waals surface area contributed by atoms with Crippen LogP contribution in [0.2, 0.25) is 0 Å². The number of hydrogen-bond donors (Lipinski definition) is 1. The number of likely N-dealkylation sites (N-methyl/N-ethyl adjacent to an activating group) is 1. The molecule has 0 amide bonds. The van der Waals surface area contributed by atoms with Crippen molar-refractivity contribution in [2.24, 2.45) is 0 Å². The van der Waals surface area contributed by atoms with Gasteiger partial charge in [0, 0.05) is 13.1 Å². The lowest BCUT2D eigenvalue weighted by Gasteiger charge is -2.30. The molecule has 72 valence electrons. The fraction of sp³-hybridized carbons (Fsp3) is 1.00. The molecule has 1 aliphatic rings. The van der Waals surface area contributed by atoms with Crippen LogP contribution in [0.1, 0.15) is 12.8 Å². The minimum absolute atomic E-state index is 0.243. The highest BCUT2D eigenvalue weighted by atomic mass is 16.3. The van der Waals surface area contributed by atoms with Crippen LogP contribution in [0.25, 0.3) is 0 Å². The summed E-state index contributed by atoms with van der Waals surface area (Å²) in [6.07, 6.45) is 2.25. The summed E-state index contributed by atoms with van der Waals surface area (Å²) in [5.41, 5.74) is 0. The summed E-state index contributed by atoms with van der Waals surface area (Å²) in [6, 6.07) is 0. The van der Waals surface area contributed by atoms with Crippen LogP contribution in [-0.2, 0) is 0 Å². The van der Waals surface area contributed by atoms with Crippen molar-refractivity contribution in [2.75, 3.05) is 40.8 Å². The van der Waals surface area contributed by atoms with E-state index < -0.39 is 0 Å². The number of aliphatic hydroxyl groups is 1. The van der Waals surface area contributed by atoms with Gasteiger partial charge in [0.1, 0.15) is 6.54 Å². The van der Waals surface area contributed by atoms with Gasteiger partial charge in [-0.05, 0) is 12.8 Å². The fourth-order valence-corrected chi connectivity index (χ4v) is 1.65. The van der Waals surface area contributed by atoms with Crippen molar-refractivity contribution in [3.63, 3.8) is 0 Å². The Hall–Kier alpha value is -0.120. The third-order valence-corrected chi connectivity index (χ3v) is 2.27. The lowest BCUT2D eigenvalue weighted by atomic mass is 10.4. The maximum absolute atomic E-state index is 9.79. The molecule has 0 radical (unpaired) electrons. The molecule has 0 aromatic rings. The van der Waals surface area contributed by atoms with Crippen molar-refractivity contribution in [3.8, 4) is 0 Å². The molecule has 3 nitrogen and oxygen atoms in total. The van der Waals surface area contributed by atoms with E-state index in [0.29, 0.717) is 0 Å². The predicted molar refractivity (Wildman–Crippen MR) is 49.7 cm³/mol. The molecule has 1 aliphatic heterocycles. The zero-order valence-electron chi connectivity index (χ0n) is 8.45. The average Bonchev–Trinajstić information content (AvgIpc) is 2.32. The first kappa shape index (κ1) is 9.96. The van der Waals surface area contributed by atoms with Crippen LogP contribution in [-0.4, -0.2) is 61.5 Å². The van der Waals surface area contributed by atoms with E-state index in [1.165, 1.54) is 12.8 Å². The normalized spacial score (nSPS) is 23.0. The summed E-state index contributed by atoms with van der Waals surface area (Å²) in [6.45, 7) is 2.96. The zero-order valence-corrected chi connectivity index (χ0v) is 8.45. The highest BCUT2D eigenvalue weighted by Crippen LogP contribution is 2.11. The topological polar surface area (TPSA) is 23.5 Å². The minimum Gasteiger partial charge on any atom is -0.373 e. The van der Waals surface area contributed by atoms with E-state index in [2.05, 4.69) is 26.0 Å². The predicted octanol–water partition coefficient (Wildman–Crippen LogP) is 0.107. The quantitative estimate of drug-likeness (QED) is 0.612. The molecule has 0 bridgehead atoms. The Bertz CT molecular complexity index is 136. The Morgan fingerprint density at radius 3 is 2.17 bits per heavy atom. The number of hydrogen-bond acceptors (Lipinski definition) is 2. The molecule has 3 heteroatoms. The summed E-state index contributed by atoms with van der Waals surface area (Å²) in [4.78, 5) is 2.17. The fourth-order valence-electron chi connectivity index (χ4n) is 1.65. The van der Waals surface area contributed by atoms with E-state index >= 15 is 0 Å². The Kier molecular flexibility index (Phi) is 3.09. The lowest BCUT2D eigenvalue weighted by molar-refractivity contribution is -0.875. The van der Waals surface area contributed by atoms with Crippen molar-refractivity contribution in [3.05, 3.63) is 0 Å². The van der Waals surface area contributed by atoms with E-state index in [-0.39, 0.29) is 6.23 Å². The number of rotatable bonds is 3. The summed E-state index contributed by atoms with van der Waals surface area (Å²) in [5.74, 6) is 0. The van der Waals surface area contributed by atoms with Crippen molar-refractivity contribution in [1.29, 1.82) is 0 Å². The van der Waals surface area contributed by atoms with Gasteiger partial charge in [-0.25, -0.2) is 0 Å². The summed E-state index contributed by atoms with van der Waals surface area (Å²) in [5, 5.41) is 9.79. The molecule has 1 atom stereocenters. The van der Waals surface area contributed by atoms with Crippen molar-refractivity contribution >= 4 is 0 Å². The van der Waals surface area contributed by atoms with Gasteiger partial charge in [0.25, 0.3) is 0 Å².